The summed E-state index contributed by atoms with van der Waals surface area (Å²) >= 11 is 5.69. The molecule has 118 valence electrons. The van der Waals surface area contributed by atoms with Crippen molar-refractivity contribution in [3.05, 3.63) is 74.6 Å². The van der Waals surface area contributed by atoms with Crippen molar-refractivity contribution in [3.63, 3.8) is 0 Å². The summed E-state index contributed by atoms with van der Waals surface area (Å²) in [5, 5.41) is 10.8. The van der Waals surface area contributed by atoms with Gasteiger partial charge < -0.3 is 4.74 Å². The van der Waals surface area contributed by atoms with Crippen molar-refractivity contribution in [2.75, 3.05) is 7.11 Å². The highest BCUT2D eigenvalue weighted by atomic mass is 35.5. The zero-order chi connectivity index (χ0) is 17.0. The van der Waals surface area contributed by atoms with Crippen LogP contribution in [0.2, 0.25) is 5.02 Å². The lowest BCUT2D eigenvalue weighted by atomic mass is 10.1. The highest BCUT2D eigenvalue weighted by Gasteiger charge is 2.15. The Morgan fingerprint density at radius 2 is 2.04 bits per heavy atom. The molecule has 23 heavy (non-hydrogen) atoms. The molecule has 0 amide bonds. The number of hydrogen-bond donors (Lipinski definition) is 0. The van der Waals surface area contributed by atoms with Gasteiger partial charge in [-0.2, -0.15) is 0 Å². The average molecular weight is 336 g/mol. The van der Waals surface area contributed by atoms with E-state index < -0.39 is 16.5 Å². The smallest absolute Gasteiger partial charge is 0.288 e. The van der Waals surface area contributed by atoms with Gasteiger partial charge in [-0.1, -0.05) is 23.7 Å². The zero-order valence-electron chi connectivity index (χ0n) is 12.0. The molecule has 2 aromatic rings. The number of ether oxygens (including phenoxy) is 1. The zero-order valence-corrected chi connectivity index (χ0v) is 12.7. The Labute approximate surface area is 136 Å². The van der Waals surface area contributed by atoms with E-state index in [1.807, 2.05) is 0 Å². The molecule has 0 bridgehead atoms. The number of allylic oxidation sites excluding steroid dienone is 1. The molecule has 0 aromatic heterocycles. The molecule has 0 fully saturated rings. The number of carbonyl (C=O) groups is 1. The predicted octanol–water partition coefficient (Wildman–Crippen LogP) is 4.29. The molecule has 0 spiro atoms. The Hall–Kier alpha value is -2.73. The number of rotatable bonds is 5. The summed E-state index contributed by atoms with van der Waals surface area (Å²) < 4.78 is 18.3. The van der Waals surface area contributed by atoms with Crippen LogP contribution in [-0.2, 0) is 0 Å². The monoisotopic (exact) mass is 335 g/mol. The van der Waals surface area contributed by atoms with E-state index in [2.05, 4.69) is 0 Å². The van der Waals surface area contributed by atoms with Crippen molar-refractivity contribution in [2.24, 2.45) is 0 Å². The summed E-state index contributed by atoms with van der Waals surface area (Å²) in [4.78, 5) is 22.2. The number of methoxy groups -OCH3 is 1. The van der Waals surface area contributed by atoms with Gasteiger partial charge in [0, 0.05) is 11.6 Å². The number of nitro groups is 1. The van der Waals surface area contributed by atoms with E-state index in [4.69, 9.17) is 16.3 Å². The van der Waals surface area contributed by atoms with Crippen LogP contribution in [0.25, 0.3) is 6.08 Å². The van der Waals surface area contributed by atoms with E-state index in [0.29, 0.717) is 5.56 Å². The van der Waals surface area contributed by atoms with Crippen LogP contribution >= 0.6 is 11.6 Å². The van der Waals surface area contributed by atoms with Crippen LogP contribution in [-0.4, -0.2) is 17.8 Å². The first kappa shape index (κ1) is 16.6. The van der Waals surface area contributed by atoms with Crippen molar-refractivity contribution >= 4 is 29.1 Å². The fourth-order valence-corrected chi connectivity index (χ4v) is 2.05. The molecule has 7 heteroatoms. The minimum atomic E-state index is -0.665. The van der Waals surface area contributed by atoms with Gasteiger partial charge in [-0.05, 0) is 35.9 Å². The summed E-state index contributed by atoms with van der Waals surface area (Å²) in [5.41, 5.74) is 0.229. The van der Waals surface area contributed by atoms with E-state index in [9.17, 15) is 19.3 Å². The van der Waals surface area contributed by atoms with E-state index >= 15 is 0 Å². The van der Waals surface area contributed by atoms with Crippen LogP contribution < -0.4 is 4.74 Å². The van der Waals surface area contributed by atoms with Crippen molar-refractivity contribution in [1.29, 1.82) is 0 Å². The number of halogens is 2. The van der Waals surface area contributed by atoms with E-state index in [-0.39, 0.29) is 22.0 Å². The first-order chi connectivity index (χ1) is 10.9. The number of carbonyl (C=O) groups excluding carboxylic acids is 1. The minimum absolute atomic E-state index is 0.0484. The Bertz CT molecular complexity index is 805. The molecule has 0 aliphatic rings. The van der Waals surface area contributed by atoms with Gasteiger partial charge in [0.25, 0.3) is 5.69 Å². The van der Waals surface area contributed by atoms with Crippen molar-refractivity contribution in [1.82, 2.24) is 0 Å². The van der Waals surface area contributed by atoms with Gasteiger partial charge in [-0.3, -0.25) is 14.9 Å². The highest BCUT2D eigenvalue weighted by molar-refractivity contribution is 6.32. The molecule has 0 aliphatic heterocycles. The topological polar surface area (TPSA) is 69.4 Å². The molecule has 0 heterocycles. The highest BCUT2D eigenvalue weighted by Crippen LogP contribution is 2.25. The van der Waals surface area contributed by atoms with Crippen LogP contribution in [0.5, 0.6) is 5.75 Å². The normalized spacial score (nSPS) is 10.7. The number of ketones is 1. The molecule has 0 saturated carbocycles. The Balaban J connectivity index is 2.23. The summed E-state index contributed by atoms with van der Waals surface area (Å²) in [6, 6.07) is 8.00. The SMILES string of the molecule is COc1ccc(/C=C/C(=O)c2ccc(Cl)c([N+](=O)[O-])c2)cc1F. The summed E-state index contributed by atoms with van der Waals surface area (Å²) in [5.74, 6) is -0.910. The third-order valence-electron chi connectivity index (χ3n) is 3.03. The first-order valence-corrected chi connectivity index (χ1v) is 6.80. The fraction of sp³-hybridized carbons (Fsp3) is 0.0625. The predicted molar refractivity (Wildman–Crippen MR) is 84.4 cm³/mol. The van der Waals surface area contributed by atoms with Gasteiger partial charge in [0.2, 0.25) is 0 Å². The molecule has 5 nitrogen and oxygen atoms in total. The maximum absolute atomic E-state index is 13.6. The quantitative estimate of drug-likeness (QED) is 0.354. The molecule has 0 N–H and O–H groups in total. The van der Waals surface area contributed by atoms with Crippen molar-refractivity contribution in [3.8, 4) is 5.75 Å². The van der Waals surface area contributed by atoms with E-state index in [1.54, 1.807) is 6.07 Å². The van der Waals surface area contributed by atoms with Gasteiger partial charge in [0.1, 0.15) is 5.02 Å². The Morgan fingerprint density at radius 3 is 2.65 bits per heavy atom. The second kappa shape index (κ2) is 7.02. The molecule has 0 radical (unpaired) electrons. The molecular weight excluding hydrogens is 325 g/mol. The molecule has 2 rings (SSSR count). The Kier molecular flexibility index (Phi) is 5.08. The summed E-state index contributed by atoms with van der Waals surface area (Å²) in [6.45, 7) is 0. The number of benzene rings is 2. The molecule has 0 atom stereocenters. The lowest BCUT2D eigenvalue weighted by molar-refractivity contribution is -0.384. The molecule has 2 aromatic carbocycles. The standard InChI is InChI=1S/C16H11ClFNO4/c1-23-16-7-3-10(8-13(16)18)2-6-15(20)11-4-5-12(17)14(9-11)19(21)22/h2-9H,1H3/b6-2+. The first-order valence-electron chi connectivity index (χ1n) is 6.42. The minimum Gasteiger partial charge on any atom is -0.494 e. The van der Waals surface area contributed by atoms with Crippen molar-refractivity contribution in [2.45, 2.75) is 0 Å². The largest absolute Gasteiger partial charge is 0.494 e. The number of nitro benzene ring substituents is 1. The van der Waals surface area contributed by atoms with Crippen LogP contribution in [0.3, 0.4) is 0 Å². The Morgan fingerprint density at radius 1 is 1.30 bits per heavy atom. The molecule has 0 unspecified atom stereocenters. The maximum Gasteiger partial charge on any atom is 0.288 e. The molecule has 0 aliphatic carbocycles. The summed E-state index contributed by atoms with van der Waals surface area (Å²) in [7, 11) is 1.35. The van der Waals surface area contributed by atoms with Gasteiger partial charge >= 0.3 is 0 Å². The number of hydrogen-bond acceptors (Lipinski definition) is 4. The average Bonchev–Trinajstić information content (AvgIpc) is 2.52. The second-order valence-corrected chi connectivity index (χ2v) is 4.92. The van der Waals surface area contributed by atoms with Gasteiger partial charge in [0.15, 0.2) is 17.3 Å². The lowest BCUT2D eigenvalue weighted by Gasteiger charge is -2.02. The molecular formula is C16H11ClFNO4. The molecule has 0 saturated heterocycles. The van der Waals surface area contributed by atoms with Crippen LogP contribution in [0, 0.1) is 15.9 Å². The van der Waals surface area contributed by atoms with Gasteiger partial charge in [0.05, 0.1) is 12.0 Å². The van der Waals surface area contributed by atoms with Crippen LogP contribution in [0.15, 0.2) is 42.5 Å². The van der Waals surface area contributed by atoms with Crippen LogP contribution in [0.4, 0.5) is 10.1 Å². The fourth-order valence-electron chi connectivity index (χ4n) is 1.86. The lowest BCUT2D eigenvalue weighted by Crippen LogP contribution is -1.97. The van der Waals surface area contributed by atoms with E-state index in [1.165, 1.54) is 43.5 Å². The summed E-state index contributed by atoms with van der Waals surface area (Å²) in [6.07, 6.45) is 2.61. The van der Waals surface area contributed by atoms with Crippen LogP contribution in [0.1, 0.15) is 15.9 Å². The third-order valence-corrected chi connectivity index (χ3v) is 3.35. The van der Waals surface area contributed by atoms with Gasteiger partial charge in [-0.25, -0.2) is 4.39 Å². The number of nitrogens with zero attached hydrogens (tertiary/aromatic N) is 1. The maximum atomic E-state index is 13.6. The van der Waals surface area contributed by atoms with Gasteiger partial charge in [-0.15, -0.1) is 0 Å². The van der Waals surface area contributed by atoms with Crippen molar-refractivity contribution < 1.29 is 18.8 Å². The second-order valence-electron chi connectivity index (χ2n) is 4.51. The third kappa shape index (κ3) is 3.92. The van der Waals surface area contributed by atoms with E-state index in [0.717, 1.165) is 6.07 Å².